The molecule has 1 aromatic carbocycles. The summed E-state index contributed by atoms with van der Waals surface area (Å²) in [6, 6.07) is 11.7. The Kier molecular flexibility index (Phi) is 4.48. The minimum absolute atomic E-state index is 0.215. The number of hydrogen-bond acceptors (Lipinski definition) is 4. The Morgan fingerprint density at radius 2 is 2.08 bits per heavy atom. The first kappa shape index (κ1) is 15.9. The standard InChI is InChI=1S/C18H19ClN2O2S/c19-14-3-1-2-13(10-14)16-4-5-17(24-16)23-18(22)20-15-11-21-8-6-12(15)7-9-21/h1-5,10,12,15H,6-9,11H2,(H,20,22). The van der Waals surface area contributed by atoms with E-state index in [9.17, 15) is 4.79 Å². The summed E-state index contributed by atoms with van der Waals surface area (Å²) in [6.45, 7) is 3.26. The monoisotopic (exact) mass is 362 g/mol. The number of halogens is 1. The lowest BCUT2D eigenvalue weighted by Crippen LogP contribution is -2.57. The first-order valence-corrected chi connectivity index (χ1v) is 9.43. The minimum atomic E-state index is -0.353. The molecule has 3 fully saturated rings. The van der Waals surface area contributed by atoms with E-state index in [0.29, 0.717) is 16.0 Å². The SMILES string of the molecule is O=C(NC1CN2CCC1CC2)Oc1ccc(-c2cccc(Cl)c2)s1. The highest BCUT2D eigenvalue weighted by Gasteiger charge is 2.35. The Hall–Kier alpha value is -1.56. The third-order valence-corrected chi connectivity index (χ3v) is 6.09. The maximum Gasteiger partial charge on any atom is 0.413 e. The van der Waals surface area contributed by atoms with E-state index in [0.717, 1.165) is 30.1 Å². The van der Waals surface area contributed by atoms with Crippen LogP contribution in [0.2, 0.25) is 5.02 Å². The molecular weight excluding hydrogens is 344 g/mol. The third kappa shape index (κ3) is 3.43. The van der Waals surface area contributed by atoms with E-state index in [1.165, 1.54) is 24.2 Å². The summed E-state index contributed by atoms with van der Waals surface area (Å²) in [5.41, 5.74) is 1.03. The number of amides is 1. The molecule has 4 nitrogen and oxygen atoms in total. The van der Waals surface area contributed by atoms with Crippen molar-refractivity contribution in [3.05, 3.63) is 41.4 Å². The highest BCUT2D eigenvalue weighted by Crippen LogP contribution is 2.34. The smallest absolute Gasteiger partial charge is 0.399 e. The number of carbonyl (C=O) groups is 1. The van der Waals surface area contributed by atoms with Crippen molar-refractivity contribution in [3.63, 3.8) is 0 Å². The molecule has 0 radical (unpaired) electrons. The van der Waals surface area contributed by atoms with Gasteiger partial charge in [0.15, 0.2) is 5.06 Å². The van der Waals surface area contributed by atoms with Crippen molar-refractivity contribution in [1.29, 1.82) is 0 Å². The Morgan fingerprint density at radius 3 is 2.79 bits per heavy atom. The van der Waals surface area contributed by atoms with Gasteiger partial charge in [0.25, 0.3) is 0 Å². The summed E-state index contributed by atoms with van der Waals surface area (Å²) in [7, 11) is 0. The lowest BCUT2D eigenvalue weighted by Gasteiger charge is -2.44. The zero-order valence-corrected chi connectivity index (χ0v) is 14.8. The van der Waals surface area contributed by atoms with Crippen LogP contribution in [-0.4, -0.2) is 36.7 Å². The number of piperidine rings is 3. The van der Waals surface area contributed by atoms with Crippen LogP contribution in [0, 0.1) is 5.92 Å². The first-order chi connectivity index (χ1) is 11.7. The van der Waals surface area contributed by atoms with Crippen LogP contribution in [0.5, 0.6) is 5.06 Å². The van der Waals surface area contributed by atoms with Gasteiger partial charge in [-0.2, -0.15) is 0 Å². The summed E-state index contributed by atoms with van der Waals surface area (Å²) >= 11 is 7.48. The zero-order chi connectivity index (χ0) is 16.5. The van der Waals surface area contributed by atoms with Crippen LogP contribution in [0.15, 0.2) is 36.4 Å². The number of rotatable bonds is 3. The molecule has 2 aromatic rings. The molecule has 1 unspecified atom stereocenters. The summed E-state index contributed by atoms with van der Waals surface area (Å²) in [4.78, 5) is 15.6. The number of fused-ring (bicyclic) bond motifs is 3. The van der Waals surface area contributed by atoms with E-state index in [-0.39, 0.29) is 12.1 Å². The van der Waals surface area contributed by atoms with Crippen molar-refractivity contribution in [2.75, 3.05) is 19.6 Å². The topological polar surface area (TPSA) is 41.6 Å². The predicted molar refractivity (Wildman–Crippen MR) is 96.9 cm³/mol. The molecule has 3 saturated heterocycles. The maximum absolute atomic E-state index is 12.2. The molecule has 3 aliphatic heterocycles. The first-order valence-electron chi connectivity index (χ1n) is 8.24. The van der Waals surface area contributed by atoms with Gasteiger partial charge >= 0.3 is 6.09 Å². The van der Waals surface area contributed by atoms with Crippen LogP contribution < -0.4 is 10.1 Å². The second-order valence-corrected chi connectivity index (χ2v) is 7.89. The summed E-state index contributed by atoms with van der Waals surface area (Å²) in [5, 5.41) is 4.34. The van der Waals surface area contributed by atoms with Crippen molar-refractivity contribution in [2.24, 2.45) is 5.92 Å². The summed E-state index contributed by atoms with van der Waals surface area (Å²) < 4.78 is 5.47. The summed E-state index contributed by atoms with van der Waals surface area (Å²) in [5.74, 6) is 0.591. The van der Waals surface area contributed by atoms with Gasteiger partial charge < -0.3 is 15.0 Å². The average Bonchev–Trinajstić information content (AvgIpc) is 3.04. The summed E-state index contributed by atoms with van der Waals surface area (Å²) in [6.07, 6.45) is 1.99. The van der Waals surface area contributed by atoms with Gasteiger partial charge in [-0.1, -0.05) is 35.1 Å². The molecule has 2 bridgehead atoms. The quantitative estimate of drug-likeness (QED) is 0.887. The molecule has 0 saturated carbocycles. The van der Waals surface area contributed by atoms with Crippen LogP contribution in [-0.2, 0) is 0 Å². The fourth-order valence-corrected chi connectivity index (χ4v) is 4.61. The fraction of sp³-hybridized carbons (Fsp3) is 0.389. The van der Waals surface area contributed by atoms with Crippen LogP contribution in [0.3, 0.4) is 0 Å². The van der Waals surface area contributed by atoms with E-state index in [2.05, 4.69) is 10.2 Å². The number of hydrogen-bond donors (Lipinski definition) is 1. The largest absolute Gasteiger partial charge is 0.413 e. The van der Waals surface area contributed by atoms with E-state index in [4.69, 9.17) is 16.3 Å². The Labute approximate surface area is 150 Å². The number of nitrogens with zero attached hydrogens (tertiary/aromatic N) is 1. The number of benzene rings is 1. The van der Waals surface area contributed by atoms with Crippen LogP contribution in [0.25, 0.3) is 10.4 Å². The van der Waals surface area contributed by atoms with Gasteiger partial charge in [-0.3, -0.25) is 0 Å². The molecule has 1 atom stereocenters. The highest BCUT2D eigenvalue weighted by molar-refractivity contribution is 7.17. The van der Waals surface area contributed by atoms with Gasteiger partial charge in [-0.05, 0) is 61.7 Å². The van der Waals surface area contributed by atoms with E-state index in [1.807, 2.05) is 36.4 Å². The Bertz CT molecular complexity index is 740. The van der Waals surface area contributed by atoms with Gasteiger partial charge in [0.05, 0.1) is 0 Å². The number of carbonyl (C=O) groups excluding carboxylic acids is 1. The van der Waals surface area contributed by atoms with Crippen molar-refractivity contribution in [2.45, 2.75) is 18.9 Å². The van der Waals surface area contributed by atoms with Gasteiger partial charge in [-0.25, -0.2) is 4.79 Å². The number of ether oxygens (including phenoxy) is 1. The maximum atomic E-state index is 12.2. The number of nitrogens with one attached hydrogen (secondary N) is 1. The van der Waals surface area contributed by atoms with Crippen LogP contribution in [0.4, 0.5) is 4.79 Å². The Balaban J connectivity index is 1.38. The normalized spacial score (nSPS) is 25.5. The molecule has 0 spiro atoms. The van der Waals surface area contributed by atoms with Crippen molar-refractivity contribution < 1.29 is 9.53 Å². The predicted octanol–water partition coefficient (Wildman–Crippen LogP) is 4.25. The average molecular weight is 363 g/mol. The van der Waals surface area contributed by atoms with Crippen LogP contribution in [0.1, 0.15) is 12.8 Å². The van der Waals surface area contributed by atoms with E-state index >= 15 is 0 Å². The van der Waals surface area contributed by atoms with Gasteiger partial charge in [0, 0.05) is 22.5 Å². The molecule has 5 rings (SSSR count). The van der Waals surface area contributed by atoms with Crippen LogP contribution >= 0.6 is 22.9 Å². The molecule has 1 N–H and O–H groups in total. The number of thiophene rings is 1. The van der Waals surface area contributed by atoms with Gasteiger partial charge in [0.2, 0.25) is 0 Å². The third-order valence-electron chi connectivity index (χ3n) is 4.84. The van der Waals surface area contributed by atoms with Crippen molar-refractivity contribution in [3.8, 4) is 15.5 Å². The molecule has 0 aliphatic carbocycles. The van der Waals surface area contributed by atoms with Crippen molar-refractivity contribution in [1.82, 2.24) is 10.2 Å². The molecule has 1 aromatic heterocycles. The lowest BCUT2D eigenvalue weighted by atomic mass is 9.84. The molecule has 6 heteroatoms. The minimum Gasteiger partial charge on any atom is -0.399 e. The zero-order valence-electron chi connectivity index (χ0n) is 13.2. The van der Waals surface area contributed by atoms with E-state index in [1.54, 1.807) is 0 Å². The second kappa shape index (κ2) is 6.75. The molecular formula is C18H19ClN2O2S. The van der Waals surface area contributed by atoms with Crippen molar-refractivity contribution >= 4 is 29.0 Å². The van der Waals surface area contributed by atoms with Gasteiger partial charge in [0.1, 0.15) is 0 Å². The molecule has 1 amide bonds. The second-order valence-electron chi connectivity index (χ2n) is 6.41. The Morgan fingerprint density at radius 1 is 1.25 bits per heavy atom. The molecule has 4 heterocycles. The van der Waals surface area contributed by atoms with E-state index < -0.39 is 0 Å². The molecule has 126 valence electrons. The highest BCUT2D eigenvalue weighted by atomic mass is 35.5. The molecule has 24 heavy (non-hydrogen) atoms. The fourth-order valence-electron chi connectivity index (χ4n) is 3.57. The lowest BCUT2D eigenvalue weighted by molar-refractivity contribution is 0.0726. The molecule has 3 aliphatic rings. The van der Waals surface area contributed by atoms with Gasteiger partial charge in [-0.15, -0.1) is 0 Å².